The maximum absolute atomic E-state index is 6.48. The molecule has 1 unspecified atom stereocenters. The molecule has 0 aliphatic carbocycles. The third-order valence-corrected chi connectivity index (χ3v) is 6.90. The summed E-state index contributed by atoms with van der Waals surface area (Å²) in [6.07, 6.45) is -1.76. The maximum atomic E-state index is 6.48. The van der Waals surface area contributed by atoms with Gasteiger partial charge in [-0.1, -0.05) is 121 Å². The standard InChI is InChI=1S/C34H37NO5/c1-36-34-33(38-25-30-20-12-5-13-21-30)32(37-24-29-18-10-4-11-19-29)31(40-34)26-39-35(22-27-14-6-2-7-15-27)23-28-16-8-3-9-17-28/h2-21,31-34H,22-26H2,1H3/t31-,32?,33+,34-/m1/s1. The first-order valence-electron chi connectivity index (χ1n) is 13.7. The molecular formula is C34H37NO5. The van der Waals surface area contributed by atoms with Gasteiger partial charge in [-0.25, -0.2) is 0 Å². The number of methoxy groups -OCH3 is 1. The number of hydrogen-bond donors (Lipinski definition) is 0. The van der Waals surface area contributed by atoms with E-state index in [4.69, 9.17) is 23.8 Å². The van der Waals surface area contributed by atoms with Crippen molar-refractivity contribution in [2.45, 2.75) is 50.9 Å². The minimum Gasteiger partial charge on any atom is -0.368 e. The predicted molar refractivity (Wildman–Crippen MR) is 154 cm³/mol. The second kappa shape index (κ2) is 14.9. The molecule has 0 bridgehead atoms. The first-order valence-corrected chi connectivity index (χ1v) is 13.7. The molecule has 4 atom stereocenters. The lowest BCUT2D eigenvalue weighted by Crippen LogP contribution is -2.40. The smallest absolute Gasteiger partial charge is 0.186 e. The minimum absolute atomic E-state index is 0.296. The van der Waals surface area contributed by atoms with Gasteiger partial charge in [-0.3, -0.25) is 4.84 Å². The van der Waals surface area contributed by atoms with Crippen molar-refractivity contribution in [2.24, 2.45) is 0 Å². The Morgan fingerprint density at radius 2 is 1.00 bits per heavy atom. The van der Waals surface area contributed by atoms with Gasteiger partial charge in [-0.15, -0.1) is 0 Å². The van der Waals surface area contributed by atoms with Crippen LogP contribution in [0.1, 0.15) is 22.3 Å². The second-order valence-electron chi connectivity index (χ2n) is 9.87. The highest BCUT2D eigenvalue weighted by atomic mass is 16.7. The Bertz CT molecular complexity index is 1200. The Hall–Kier alpha value is -3.36. The normalized spacial score (nSPS) is 20.6. The van der Waals surface area contributed by atoms with Gasteiger partial charge >= 0.3 is 0 Å². The molecule has 208 valence electrons. The van der Waals surface area contributed by atoms with E-state index < -0.39 is 12.4 Å². The van der Waals surface area contributed by atoms with Gasteiger partial charge in [0, 0.05) is 20.2 Å². The number of nitrogens with zero attached hydrogens (tertiary/aromatic N) is 1. The van der Waals surface area contributed by atoms with Crippen molar-refractivity contribution < 1.29 is 23.8 Å². The number of hydrogen-bond acceptors (Lipinski definition) is 6. The van der Waals surface area contributed by atoms with E-state index in [2.05, 4.69) is 36.4 Å². The van der Waals surface area contributed by atoms with Gasteiger partial charge in [0.25, 0.3) is 0 Å². The molecule has 1 heterocycles. The Kier molecular flexibility index (Phi) is 10.5. The van der Waals surface area contributed by atoms with Crippen LogP contribution in [0.15, 0.2) is 121 Å². The SMILES string of the molecule is CO[C@@H]1O[C@H](CON(Cc2ccccc2)Cc2ccccc2)C(OCc2ccccc2)[C@@H]1OCc1ccccc1. The molecule has 6 heteroatoms. The maximum Gasteiger partial charge on any atom is 0.186 e. The fraction of sp³-hybridized carbons (Fsp3) is 0.294. The molecule has 0 saturated carbocycles. The van der Waals surface area contributed by atoms with Crippen molar-refractivity contribution in [1.82, 2.24) is 5.06 Å². The fourth-order valence-electron chi connectivity index (χ4n) is 4.83. The molecule has 0 spiro atoms. The van der Waals surface area contributed by atoms with E-state index in [1.165, 1.54) is 11.1 Å². The van der Waals surface area contributed by atoms with Crippen LogP contribution in [-0.2, 0) is 50.1 Å². The average molecular weight is 540 g/mol. The van der Waals surface area contributed by atoms with Crippen LogP contribution < -0.4 is 0 Å². The zero-order valence-corrected chi connectivity index (χ0v) is 22.9. The minimum atomic E-state index is -0.574. The third kappa shape index (κ3) is 8.08. The molecular weight excluding hydrogens is 502 g/mol. The summed E-state index contributed by atoms with van der Waals surface area (Å²) in [5.41, 5.74) is 4.50. The number of rotatable bonds is 14. The highest BCUT2D eigenvalue weighted by Crippen LogP contribution is 2.30. The lowest BCUT2D eigenvalue weighted by molar-refractivity contribution is -0.217. The summed E-state index contributed by atoms with van der Waals surface area (Å²) < 4.78 is 24.9. The van der Waals surface area contributed by atoms with Crippen LogP contribution in [0.25, 0.3) is 0 Å². The molecule has 0 amide bonds. The van der Waals surface area contributed by atoms with Crippen molar-refractivity contribution >= 4 is 0 Å². The van der Waals surface area contributed by atoms with E-state index in [1.807, 2.05) is 90.0 Å². The van der Waals surface area contributed by atoms with Crippen LogP contribution >= 0.6 is 0 Å². The van der Waals surface area contributed by atoms with E-state index >= 15 is 0 Å². The van der Waals surface area contributed by atoms with E-state index in [1.54, 1.807) is 7.11 Å². The van der Waals surface area contributed by atoms with Gasteiger partial charge in [0.05, 0.1) is 19.8 Å². The van der Waals surface area contributed by atoms with E-state index in [0.29, 0.717) is 32.9 Å². The van der Waals surface area contributed by atoms with Crippen LogP contribution in [0.3, 0.4) is 0 Å². The second-order valence-corrected chi connectivity index (χ2v) is 9.87. The molecule has 1 fully saturated rings. The quantitative estimate of drug-likeness (QED) is 0.179. The zero-order valence-electron chi connectivity index (χ0n) is 22.9. The lowest BCUT2D eigenvalue weighted by Gasteiger charge is -2.27. The first kappa shape index (κ1) is 28.2. The van der Waals surface area contributed by atoms with Crippen LogP contribution in [0, 0.1) is 0 Å². The molecule has 40 heavy (non-hydrogen) atoms. The largest absolute Gasteiger partial charge is 0.368 e. The third-order valence-electron chi connectivity index (χ3n) is 6.90. The summed E-state index contributed by atoms with van der Waals surface area (Å²) in [6, 6.07) is 40.9. The van der Waals surface area contributed by atoms with Crippen LogP contribution in [0.4, 0.5) is 0 Å². The van der Waals surface area contributed by atoms with Gasteiger partial charge in [0.2, 0.25) is 0 Å². The summed E-state index contributed by atoms with van der Waals surface area (Å²) in [6.45, 7) is 2.44. The highest BCUT2D eigenvalue weighted by molar-refractivity contribution is 5.17. The van der Waals surface area contributed by atoms with E-state index in [-0.39, 0.29) is 12.2 Å². The summed E-state index contributed by atoms with van der Waals surface area (Å²) in [5, 5.41) is 1.97. The van der Waals surface area contributed by atoms with Crippen LogP contribution in [0.5, 0.6) is 0 Å². The van der Waals surface area contributed by atoms with Gasteiger partial charge < -0.3 is 18.9 Å². The van der Waals surface area contributed by atoms with Crippen molar-refractivity contribution in [1.29, 1.82) is 0 Å². The Balaban J connectivity index is 1.30. The van der Waals surface area contributed by atoms with Crippen molar-refractivity contribution in [3.8, 4) is 0 Å². The average Bonchev–Trinajstić information content (AvgIpc) is 3.36. The molecule has 1 saturated heterocycles. The van der Waals surface area contributed by atoms with Gasteiger partial charge in [-0.2, -0.15) is 5.06 Å². The summed E-state index contributed by atoms with van der Waals surface area (Å²) in [7, 11) is 1.64. The molecule has 0 N–H and O–H groups in total. The van der Waals surface area contributed by atoms with Crippen molar-refractivity contribution in [2.75, 3.05) is 13.7 Å². The topological polar surface area (TPSA) is 49.4 Å². The van der Waals surface area contributed by atoms with Crippen LogP contribution in [0.2, 0.25) is 0 Å². The van der Waals surface area contributed by atoms with E-state index in [9.17, 15) is 0 Å². The first-order chi connectivity index (χ1) is 19.8. The van der Waals surface area contributed by atoms with Gasteiger partial charge in [0.15, 0.2) is 6.29 Å². The van der Waals surface area contributed by atoms with Crippen molar-refractivity contribution in [3.05, 3.63) is 144 Å². The Morgan fingerprint density at radius 3 is 1.45 bits per heavy atom. The fourth-order valence-corrected chi connectivity index (χ4v) is 4.83. The summed E-state index contributed by atoms with van der Waals surface area (Å²) in [5.74, 6) is 0. The van der Waals surface area contributed by atoms with Crippen molar-refractivity contribution in [3.63, 3.8) is 0 Å². The number of ether oxygens (including phenoxy) is 4. The monoisotopic (exact) mass is 539 g/mol. The molecule has 1 aliphatic rings. The summed E-state index contributed by atoms with van der Waals surface area (Å²) in [4.78, 5) is 6.44. The molecule has 0 radical (unpaired) electrons. The molecule has 6 nitrogen and oxygen atoms in total. The Morgan fingerprint density at radius 1 is 0.575 bits per heavy atom. The molecule has 4 aromatic carbocycles. The van der Waals surface area contributed by atoms with Gasteiger partial charge in [-0.05, 0) is 22.3 Å². The molecule has 1 aliphatic heterocycles. The number of hydroxylamine groups is 2. The van der Waals surface area contributed by atoms with E-state index in [0.717, 1.165) is 11.1 Å². The van der Waals surface area contributed by atoms with Gasteiger partial charge in [0.1, 0.15) is 18.3 Å². The zero-order chi connectivity index (χ0) is 27.4. The Labute approximate surface area is 237 Å². The van der Waals surface area contributed by atoms with Crippen LogP contribution in [-0.4, -0.2) is 43.4 Å². The summed E-state index contributed by atoms with van der Waals surface area (Å²) >= 11 is 0. The molecule has 4 aromatic rings. The lowest BCUT2D eigenvalue weighted by atomic mass is 10.1. The highest BCUT2D eigenvalue weighted by Gasteiger charge is 2.47. The predicted octanol–water partition coefficient (Wildman–Crippen LogP) is 6.16. The number of benzene rings is 4. The molecule has 5 rings (SSSR count). The molecule has 0 aromatic heterocycles.